The summed E-state index contributed by atoms with van der Waals surface area (Å²) in [5, 5.41) is 2.53. The van der Waals surface area contributed by atoms with Crippen LogP contribution in [0.2, 0.25) is 5.02 Å². The molecule has 19 heavy (non-hydrogen) atoms. The molecule has 0 atom stereocenters. The molecular formula is C13H9ClF2N2O. The second-order valence-corrected chi connectivity index (χ2v) is 4.29. The molecule has 0 radical (unpaired) electrons. The summed E-state index contributed by atoms with van der Waals surface area (Å²) in [6, 6.07) is 7.21. The van der Waals surface area contributed by atoms with Gasteiger partial charge in [0.2, 0.25) is 0 Å². The average Bonchev–Trinajstić information content (AvgIpc) is 2.31. The van der Waals surface area contributed by atoms with Crippen LogP contribution < -0.4 is 11.1 Å². The van der Waals surface area contributed by atoms with E-state index < -0.39 is 17.5 Å². The molecule has 0 aliphatic heterocycles. The van der Waals surface area contributed by atoms with Crippen LogP contribution in [0.1, 0.15) is 10.4 Å². The third-order valence-corrected chi connectivity index (χ3v) is 2.60. The van der Waals surface area contributed by atoms with E-state index in [1.54, 1.807) is 0 Å². The first-order chi connectivity index (χ1) is 8.95. The molecule has 2 rings (SSSR count). The molecule has 0 saturated carbocycles. The van der Waals surface area contributed by atoms with Crippen molar-refractivity contribution in [2.24, 2.45) is 0 Å². The van der Waals surface area contributed by atoms with E-state index in [-0.39, 0.29) is 22.0 Å². The maximum Gasteiger partial charge on any atom is 0.255 e. The molecule has 3 N–H and O–H groups in total. The molecule has 2 aromatic rings. The predicted octanol–water partition coefficient (Wildman–Crippen LogP) is 3.45. The number of benzene rings is 2. The third-order valence-electron chi connectivity index (χ3n) is 2.36. The zero-order chi connectivity index (χ0) is 14.0. The number of nitrogen functional groups attached to an aromatic ring is 1. The van der Waals surface area contributed by atoms with Crippen molar-refractivity contribution in [3.63, 3.8) is 0 Å². The van der Waals surface area contributed by atoms with Gasteiger partial charge >= 0.3 is 0 Å². The van der Waals surface area contributed by atoms with E-state index in [4.69, 9.17) is 17.3 Å². The van der Waals surface area contributed by atoms with E-state index in [1.807, 2.05) is 0 Å². The van der Waals surface area contributed by atoms with Gasteiger partial charge in [-0.15, -0.1) is 0 Å². The first kappa shape index (κ1) is 13.3. The number of rotatable bonds is 2. The Bertz CT molecular complexity index is 626. The van der Waals surface area contributed by atoms with E-state index in [2.05, 4.69) is 5.32 Å². The SMILES string of the molecule is Nc1cc(F)cc(C(=O)Nc2ccc(Cl)cc2F)c1. The fourth-order valence-electron chi connectivity index (χ4n) is 1.53. The smallest absolute Gasteiger partial charge is 0.255 e. The van der Waals surface area contributed by atoms with Crippen LogP contribution in [-0.2, 0) is 0 Å². The van der Waals surface area contributed by atoms with Gasteiger partial charge in [-0.3, -0.25) is 4.79 Å². The first-order valence-corrected chi connectivity index (χ1v) is 5.66. The van der Waals surface area contributed by atoms with Gasteiger partial charge in [0.25, 0.3) is 5.91 Å². The number of nitrogens with two attached hydrogens (primary N) is 1. The minimum atomic E-state index is -0.676. The van der Waals surface area contributed by atoms with Gasteiger partial charge in [0.15, 0.2) is 0 Å². The van der Waals surface area contributed by atoms with E-state index in [9.17, 15) is 13.6 Å². The Morgan fingerprint density at radius 1 is 1.16 bits per heavy atom. The normalized spacial score (nSPS) is 10.3. The van der Waals surface area contributed by atoms with Gasteiger partial charge in [-0.2, -0.15) is 0 Å². The molecule has 0 aromatic heterocycles. The van der Waals surface area contributed by atoms with Gasteiger partial charge in [-0.1, -0.05) is 11.6 Å². The molecule has 1 amide bonds. The summed E-state index contributed by atoms with van der Waals surface area (Å²) in [4.78, 5) is 11.8. The minimum Gasteiger partial charge on any atom is -0.399 e. The molecule has 0 bridgehead atoms. The van der Waals surface area contributed by atoms with Gasteiger partial charge in [0.1, 0.15) is 11.6 Å². The highest BCUT2D eigenvalue weighted by Gasteiger charge is 2.11. The molecule has 2 aromatic carbocycles. The van der Waals surface area contributed by atoms with Gasteiger partial charge < -0.3 is 11.1 Å². The number of nitrogens with one attached hydrogen (secondary N) is 1. The van der Waals surface area contributed by atoms with Crippen molar-refractivity contribution in [1.29, 1.82) is 0 Å². The molecule has 0 saturated heterocycles. The number of carbonyl (C=O) groups excluding carboxylic acids is 1. The summed E-state index contributed by atoms with van der Waals surface area (Å²) in [5.41, 5.74) is 5.50. The highest BCUT2D eigenvalue weighted by molar-refractivity contribution is 6.30. The van der Waals surface area contributed by atoms with Crippen molar-refractivity contribution in [2.45, 2.75) is 0 Å². The lowest BCUT2D eigenvalue weighted by Crippen LogP contribution is -2.13. The Morgan fingerprint density at radius 3 is 2.53 bits per heavy atom. The fourth-order valence-corrected chi connectivity index (χ4v) is 1.69. The second-order valence-electron chi connectivity index (χ2n) is 3.85. The van der Waals surface area contributed by atoms with E-state index in [0.717, 1.165) is 18.2 Å². The molecule has 0 fully saturated rings. The van der Waals surface area contributed by atoms with Crippen molar-refractivity contribution in [3.8, 4) is 0 Å². The second kappa shape index (κ2) is 5.24. The lowest BCUT2D eigenvalue weighted by molar-refractivity contribution is 0.102. The van der Waals surface area contributed by atoms with Gasteiger partial charge in [-0.25, -0.2) is 8.78 Å². The number of carbonyl (C=O) groups is 1. The highest BCUT2D eigenvalue weighted by atomic mass is 35.5. The van der Waals surface area contributed by atoms with Crippen LogP contribution in [0.25, 0.3) is 0 Å². The van der Waals surface area contributed by atoms with Crippen LogP contribution in [-0.4, -0.2) is 5.91 Å². The Balaban J connectivity index is 2.25. The summed E-state index contributed by atoms with van der Waals surface area (Å²) in [6.07, 6.45) is 0. The van der Waals surface area contributed by atoms with Crippen LogP contribution in [0.15, 0.2) is 36.4 Å². The zero-order valence-corrected chi connectivity index (χ0v) is 10.3. The monoisotopic (exact) mass is 282 g/mol. The van der Waals surface area contributed by atoms with Crippen LogP contribution >= 0.6 is 11.6 Å². The number of hydrogen-bond acceptors (Lipinski definition) is 2. The maximum absolute atomic E-state index is 13.5. The molecule has 3 nitrogen and oxygen atoms in total. The van der Waals surface area contributed by atoms with E-state index in [0.29, 0.717) is 0 Å². The Morgan fingerprint density at radius 2 is 1.89 bits per heavy atom. The summed E-state index contributed by atoms with van der Waals surface area (Å²) < 4.78 is 26.6. The maximum atomic E-state index is 13.5. The van der Waals surface area contributed by atoms with Crippen molar-refractivity contribution in [3.05, 3.63) is 58.6 Å². The fraction of sp³-hybridized carbons (Fsp3) is 0. The molecule has 98 valence electrons. The van der Waals surface area contributed by atoms with Crippen molar-refractivity contribution in [1.82, 2.24) is 0 Å². The largest absolute Gasteiger partial charge is 0.399 e. The van der Waals surface area contributed by atoms with Gasteiger partial charge in [0, 0.05) is 16.3 Å². The Hall–Kier alpha value is -2.14. The molecule has 0 aliphatic carbocycles. The third kappa shape index (κ3) is 3.20. The van der Waals surface area contributed by atoms with Crippen LogP contribution in [0, 0.1) is 11.6 Å². The molecule has 6 heteroatoms. The quantitative estimate of drug-likeness (QED) is 0.829. The Kier molecular flexibility index (Phi) is 3.66. The van der Waals surface area contributed by atoms with Gasteiger partial charge in [-0.05, 0) is 36.4 Å². The molecule has 0 spiro atoms. The first-order valence-electron chi connectivity index (χ1n) is 5.28. The lowest BCUT2D eigenvalue weighted by atomic mass is 10.1. The van der Waals surface area contributed by atoms with E-state index in [1.165, 1.54) is 18.2 Å². The van der Waals surface area contributed by atoms with Crippen molar-refractivity contribution >= 4 is 28.9 Å². The summed E-state index contributed by atoms with van der Waals surface area (Å²) >= 11 is 5.59. The predicted molar refractivity (Wildman–Crippen MR) is 70.2 cm³/mol. The summed E-state index contributed by atoms with van der Waals surface area (Å²) in [7, 11) is 0. The van der Waals surface area contributed by atoms with Gasteiger partial charge in [0.05, 0.1) is 5.69 Å². The van der Waals surface area contributed by atoms with Crippen LogP contribution in [0.3, 0.4) is 0 Å². The Labute approximate surface area is 113 Å². The zero-order valence-electron chi connectivity index (χ0n) is 9.58. The van der Waals surface area contributed by atoms with Crippen LogP contribution in [0.5, 0.6) is 0 Å². The number of anilines is 2. The summed E-state index contributed by atoms with van der Waals surface area (Å²) in [6.45, 7) is 0. The lowest BCUT2D eigenvalue weighted by Gasteiger charge is -2.07. The molecule has 0 unspecified atom stereocenters. The number of halogens is 3. The average molecular weight is 283 g/mol. The van der Waals surface area contributed by atoms with Crippen LogP contribution in [0.4, 0.5) is 20.2 Å². The van der Waals surface area contributed by atoms with Crippen molar-refractivity contribution in [2.75, 3.05) is 11.1 Å². The number of hydrogen-bond donors (Lipinski definition) is 2. The minimum absolute atomic E-state index is 0.00634. The molecule has 0 heterocycles. The molecular weight excluding hydrogens is 274 g/mol. The van der Waals surface area contributed by atoms with Crippen molar-refractivity contribution < 1.29 is 13.6 Å². The highest BCUT2D eigenvalue weighted by Crippen LogP contribution is 2.20. The topological polar surface area (TPSA) is 55.1 Å². The number of amides is 1. The standard InChI is InChI=1S/C13H9ClF2N2O/c14-8-1-2-12(11(16)5-8)18-13(19)7-3-9(15)6-10(17)4-7/h1-6H,17H2,(H,18,19). The van der Waals surface area contributed by atoms with E-state index >= 15 is 0 Å². The molecule has 0 aliphatic rings. The summed E-state index contributed by atoms with van der Waals surface area (Å²) in [5.74, 6) is -1.97.